The van der Waals surface area contributed by atoms with Crippen LogP contribution in [0.3, 0.4) is 0 Å². The maximum atomic E-state index is 12.3. The molecule has 20 heavy (non-hydrogen) atoms. The van der Waals surface area contributed by atoms with Gasteiger partial charge in [0.05, 0.1) is 18.9 Å². The van der Waals surface area contributed by atoms with E-state index in [4.69, 9.17) is 10.5 Å². The van der Waals surface area contributed by atoms with Crippen molar-refractivity contribution < 1.29 is 9.53 Å². The Morgan fingerprint density at radius 3 is 3.05 bits per heavy atom. The summed E-state index contributed by atoms with van der Waals surface area (Å²) in [5.74, 6) is 0.559. The Hall–Kier alpha value is -1.34. The second-order valence-electron chi connectivity index (χ2n) is 5.01. The number of anilines is 2. The SMILES string of the molecule is CC(C)NC(=O)C1COCCN1c1ncc(Br)cc1N. The molecule has 1 amide bonds. The number of nitrogens with two attached hydrogens (primary N) is 1. The van der Waals surface area contributed by atoms with E-state index < -0.39 is 6.04 Å². The predicted molar refractivity (Wildman–Crippen MR) is 81.6 cm³/mol. The summed E-state index contributed by atoms with van der Waals surface area (Å²) in [5, 5.41) is 2.90. The zero-order valence-electron chi connectivity index (χ0n) is 11.6. The van der Waals surface area contributed by atoms with Crippen LogP contribution in [0.4, 0.5) is 11.5 Å². The third kappa shape index (κ3) is 3.40. The van der Waals surface area contributed by atoms with E-state index in [-0.39, 0.29) is 11.9 Å². The predicted octanol–water partition coefficient (Wildman–Crippen LogP) is 1.16. The number of hydrogen-bond donors (Lipinski definition) is 2. The molecule has 7 heteroatoms. The third-order valence-electron chi connectivity index (χ3n) is 3.00. The number of hydrogen-bond acceptors (Lipinski definition) is 5. The van der Waals surface area contributed by atoms with Crippen LogP contribution in [0.2, 0.25) is 0 Å². The van der Waals surface area contributed by atoms with E-state index in [0.717, 1.165) is 4.47 Å². The second-order valence-corrected chi connectivity index (χ2v) is 5.93. The number of halogens is 1. The number of rotatable bonds is 3. The Labute approximate surface area is 126 Å². The fourth-order valence-corrected chi connectivity index (χ4v) is 2.49. The fourth-order valence-electron chi connectivity index (χ4n) is 2.14. The monoisotopic (exact) mass is 342 g/mol. The van der Waals surface area contributed by atoms with Gasteiger partial charge in [-0.2, -0.15) is 0 Å². The van der Waals surface area contributed by atoms with Gasteiger partial charge in [-0.1, -0.05) is 0 Å². The number of nitrogens with one attached hydrogen (secondary N) is 1. The van der Waals surface area contributed by atoms with Crippen molar-refractivity contribution in [2.75, 3.05) is 30.4 Å². The first-order valence-electron chi connectivity index (χ1n) is 6.55. The molecule has 1 aliphatic rings. The molecule has 0 saturated carbocycles. The van der Waals surface area contributed by atoms with Gasteiger partial charge in [-0.3, -0.25) is 4.79 Å². The standard InChI is InChI=1S/C13H19BrN4O2/c1-8(2)17-13(19)11-7-20-4-3-18(11)12-10(15)5-9(14)6-16-12/h5-6,8,11H,3-4,7,15H2,1-2H3,(H,17,19). The number of pyridine rings is 1. The summed E-state index contributed by atoms with van der Waals surface area (Å²) >= 11 is 3.33. The van der Waals surface area contributed by atoms with Crippen molar-refractivity contribution in [2.24, 2.45) is 0 Å². The maximum absolute atomic E-state index is 12.3. The summed E-state index contributed by atoms with van der Waals surface area (Å²) in [6.07, 6.45) is 1.68. The molecule has 3 N–H and O–H groups in total. The fraction of sp³-hybridized carbons (Fsp3) is 0.538. The summed E-state index contributed by atoms with van der Waals surface area (Å²) in [6.45, 7) is 5.35. The van der Waals surface area contributed by atoms with Crippen molar-refractivity contribution in [1.82, 2.24) is 10.3 Å². The lowest BCUT2D eigenvalue weighted by atomic mass is 10.2. The third-order valence-corrected chi connectivity index (χ3v) is 3.43. The summed E-state index contributed by atoms with van der Waals surface area (Å²) in [4.78, 5) is 18.5. The Kier molecular flexibility index (Phi) is 4.82. The number of ether oxygens (including phenoxy) is 1. The molecular formula is C13H19BrN4O2. The van der Waals surface area contributed by atoms with E-state index >= 15 is 0 Å². The van der Waals surface area contributed by atoms with Crippen LogP contribution < -0.4 is 16.0 Å². The summed E-state index contributed by atoms with van der Waals surface area (Å²) in [7, 11) is 0. The van der Waals surface area contributed by atoms with Gasteiger partial charge in [-0.05, 0) is 35.8 Å². The highest BCUT2D eigenvalue weighted by Gasteiger charge is 2.31. The first-order chi connectivity index (χ1) is 9.49. The average molecular weight is 343 g/mol. The van der Waals surface area contributed by atoms with Gasteiger partial charge in [0, 0.05) is 23.3 Å². The van der Waals surface area contributed by atoms with Crippen molar-refractivity contribution in [3.8, 4) is 0 Å². The lowest BCUT2D eigenvalue weighted by Gasteiger charge is -2.36. The van der Waals surface area contributed by atoms with Crippen LogP contribution in [0.5, 0.6) is 0 Å². The molecule has 110 valence electrons. The van der Waals surface area contributed by atoms with E-state index in [2.05, 4.69) is 26.2 Å². The number of morpholine rings is 1. The van der Waals surface area contributed by atoms with Crippen molar-refractivity contribution in [3.63, 3.8) is 0 Å². The normalized spacial score (nSPS) is 19.2. The number of nitrogens with zero attached hydrogens (tertiary/aromatic N) is 2. The Morgan fingerprint density at radius 1 is 1.65 bits per heavy atom. The number of nitrogen functional groups attached to an aromatic ring is 1. The Bertz CT molecular complexity index is 495. The molecule has 1 unspecified atom stereocenters. The van der Waals surface area contributed by atoms with Crippen LogP contribution in [0, 0.1) is 0 Å². The number of carbonyl (C=O) groups is 1. The highest BCUT2D eigenvalue weighted by atomic mass is 79.9. The highest BCUT2D eigenvalue weighted by Crippen LogP contribution is 2.26. The highest BCUT2D eigenvalue weighted by molar-refractivity contribution is 9.10. The average Bonchev–Trinajstić information content (AvgIpc) is 2.38. The molecular weight excluding hydrogens is 324 g/mol. The molecule has 0 spiro atoms. The van der Waals surface area contributed by atoms with Crippen LogP contribution in [-0.2, 0) is 9.53 Å². The molecule has 1 saturated heterocycles. The van der Waals surface area contributed by atoms with Crippen LogP contribution in [0.15, 0.2) is 16.7 Å². The second kappa shape index (κ2) is 6.41. The minimum atomic E-state index is -0.401. The molecule has 2 heterocycles. The van der Waals surface area contributed by atoms with Crippen LogP contribution in [0.1, 0.15) is 13.8 Å². The number of aromatic nitrogens is 1. The smallest absolute Gasteiger partial charge is 0.245 e. The van der Waals surface area contributed by atoms with Crippen LogP contribution >= 0.6 is 15.9 Å². The maximum Gasteiger partial charge on any atom is 0.245 e. The van der Waals surface area contributed by atoms with Gasteiger partial charge in [-0.15, -0.1) is 0 Å². The van der Waals surface area contributed by atoms with E-state index in [0.29, 0.717) is 31.3 Å². The van der Waals surface area contributed by atoms with Gasteiger partial charge in [0.1, 0.15) is 6.04 Å². The Balaban J connectivity index is 2.24. The lowest BCUT2D eigenvalue weighted by Crippen LogP contribution is -2.55. The van der Waals surface area contributed by atoms with Gasteiger partial charge in [-0.25, -0.2) is 4.98 Å². The molecule has 0 radical (unpaired) electrons. The molecule has 0 aromatic carbocycles. The molecule has 6 nitrogen and oxygen atoms in total. The van der Waals surface area contributed by atoms with E-state index in [1.807, 2.05) is 18.7 Å². The van der Waals surface area contributed by atoms with E-state index in [1.54, 1.807) is 12.3 Å². The quantitative estimate of drug-likeness (QED) is 0.861. The minimum absolute atomic E-state index is 0.0659. The lowest BCUT2D eigenvalue weighted by molar-refractivity contribution is -0.125. The molecule has 1 aliphatic heterocycles. The van der Waals surface area contributed by atoms with Crippen molar-refractivity contribution in [2.45, 2.75) is 25.9 Å². The van der Waals surface area contributed by atoms with Crippen LogP contribution in [0.25, 0.3) is 0 Å². The number of amides is 1. The topological polar surface area (TPSA) is 80.5 Å². The summed E-state index contributed by atoms with van der Waals surface area (Å²) < 4.78 is 6.23. The van der Waals surface area contributed by atoms with Crippen molar-refractivity contribution in [1.29, 1.82) is 0 Å². The molecule has 0 bridgehead atoms. The molecule has 0 aliphatic carbocycles. The van der Waals surface area contributed by atoms with Gasteiger partial charge in [0.15, 0.2) is 5.82 Å². The van der Waals surface area contributed by atoms with Crippen LogP contribution in [-0.4, -0.2) is 42.7 Å². The van der Waals surface area contributed by atoms with Gasteiger partial charge in [0.25, 0.3) is 0 Å². The molecule has 1 aromatic heterocycles. The van der Waals surface area contributed by atoms with Gasteiger partial charge in [0.2, 0.25) is 5.91 Å². The first kappa shape index (κ1) is 15.1. The zero-order valence-corrected chi connectivity index (χ0v) is 13.2. The summed E-state index contributed by atoms with van der Waals surface area (Å²) in [6, 6.07) is 1.47. The Morgan fingerprint density at radius 2 is 2.40 bits per heavy atom. The van der Waals surface area contributed by atoms with Crippen molar-refractivity contribution in [3.05, 3.63) is 16.7 Å². The zero-order chi connectivity index (χ0) is 14.7. The largest absolute Gasteiger partial charge is 0.396 e. The van der Waals surface area contributed by atoms with Crippen molar-refractivity contribution >= 4 is 33.3 Å². The minimum Gasteiger partial charge on any atom is -0.396 e. The van der Waals surface area contributed by atoms with Gasteiger partial charge < -0.3 is 20.7 Å². The molecule has 2 rings (SSSR count). The molecule has 1 aromatic rings. The van der Waals surface area contributed by atoms with E-state index in [9.17, 15) is 4.79 Å². The van der Waals surface area contributed by atoms with E-state index in [1.165, 1.54) is 0 Å². The van der Waals surface area contributed by atoms with Gasteiger partial charge >= 0.3 is 0 Å². The summed E-state index contributed by atoms with van der Waals surface area (Å²) in [5.41, 5.74) is 6.55. The molecule has 1 atom stereocenters. The number of carbonyl (C=O) groups excluding carboxylic acids is 1. The molecule has 1 fully saturated rings. The first-order valence-corrected chi connectivity index (χ1v) is 7.34.